The van der Waals surface area contributed by atoms with Crippen LogP contribution < -0.4 is 5.32 Å². The summed E-state index contributed by atoms with van der Waals surface area (Å²) in [4.78, 5) is 17.6. The van der Waals surface area contributed by atoms with Crippen molar-refractivity contribution < 1.29 is 4.79 Å². The van der Waals surface area contributed by atoms with Crippen molar-refractivity contribution in [3.05, 3.63) is 45.9 Å². The SMILES string of the molecule is CN(CCCCc1cccc(Br)c1)C(=O)Nc1nccs1. The highest BCUT2D eigenvalue weighted by Gasteiger charge is 2.09. The molecule has 0 unspecified atom stereocenters. The summed E-state index contributed by atoms with van der Waals surface area (Å²) in [5.74, 6) is 0. The number of nitrogens with one attached hydrogen (secondary N) is 1. The summed E-state index contributed by atoms with van der Waals surface area (Å²) in [6.45, 7) is 0.741. The molecule has 0 bridgehead atoms. The minimum atomic E-state index is -0.104. The molecule has 1 heterocycles. The lowest BCUT2D eigenvalue weighted by Crippen LogP contribution is -2.32. The molecule has 1 N–H and O–H groups in total. The first-order valence-corrected chi connectivity index (χ1v) is 8.48. The van der Waals surface area contributed by atoms with E-state index in [0.717, 1.165) is 30.3 Å². The number of carbonyl (C=O) groups is 1. The van der Waals surface area contributed by atoms with Crippen LogP contribution in [0.2, 0.25) is 0 Å². The van der Waals surface area contributed by atoms with Crippen molar-refractivity contribution in [3.63, 3.8) is 0 Å². The van der Waals surface area contributed by atoms with Gasteiger partial charge in [0.2, 0.25) is 0 Å². The van der Waals surface area contributed by atoms with Crippen LogP contribution >= 0.6 is 27.3 Å². The fraction of sp³-hybridized carbons (Fsp3) is 0.333. The van der Waals surface area contributed by atoms with Gasteiger partial charge in [-0.3, -0.25) is 5.32 Å². The van der Waals surface area contributed by atoms with Gasteiger partial charge < -0.3 is 4.90 Å². The summed E-state index contributed by atoms with van der Waals surface area (Å²) < 4.78 is 1.11. The first kappa shape index (κ1) is 16.0. The number of aryl methyl sites for hydroxylation is 1. The van der Waals surface area contributed by atoms with E-state index in [1.54, 1.807) is 11.1 Å². The normalized spacial score (nSPS) is 10.4. The van der Waals surface area contributed by atoms with Gasteiger partial charge in [-0.15, -0.1) is 11.3 Å². The predicted molar refractivity (Wildman–Crippen MR) is 90.8 cm³/mol. The summed E-state index contributed by atoms with van der Waals surface area (Å²) in [6, 6.07) is 8.24. The lowest BCUT2D eigenvalue weighted by Gasteiger charge is -2.16. The van der Waals surface area contributed by atoms with Crippen LogP contribution in [0.25, 0.3) is 0 Å². The molecule has 21 heavy (non-hydrogen) atoms. The van der Waals surface area contributed by atoms with E-state index in [1.165, 1.54) is 16.9 Å². The smallest absolute Gasteiger partial charge is 0.323 e. The minimum Gasteiger partial charge on any atom is -0.328 e. The van der Waals surface area contributed by atoms with Gasteiger partial charge in [-0.1, -0.05) is 28.1 Å². The van der Waals surface area contributed by atoms with Crippen LogP contribution in [0.4, 0.5) is 9.93 Å². The van der Waals surface area contributed by atoms with E-state index < -0.39 is 0 Å². The fourth-order valence-electron chi connectivity index (χ4n) is 1.94. The number of rotatable bonds is 6. The topological polar surface area (TPSA) is 45.2 Å². The molecule has 1 aromatic heterocycles. The molecule has 2 amide bonds. The van der Waals surface area contributed by atoms with Gasteiger partial charge in [-0.2, -0.15) is 0 Å². The average Bonchev–Trinajstić information content (AvgIpc) is 2.96. The van der Waals surface area contributed by atoms with E-state index >= 15 is 0 Å². The molecule has 2 aromatic rings. The monoisotopic (exact) mass is 367 g/mol. The van der Waals surface area contributed by atoms with Crippen molar-refractivity contribution in [1.29, 1.82) is 0 Å². The number of aromatic nitrogens is 1. The molecule has 0 saturated carbocycles. The average molecular weight is 368 g/mol. The first-order chi connectivity index (χ1) is 10.1. The predicted octanol–water partition coefficient (Wildman–Crippen LogP) is 4.39. The zero-order valence-electron chi connectivity index (χ0n) is 11.9. The van der Waals surface area contributed by atoms with Crippen LogP contribution in [0.15, 0.2) is 40.3 Å². The number of urea groups is 1. The van der Waals surface area contributed by atoms with Crippen LogP contribution in [-0.2, 0) is 6.42 Å². The third-order valence-electron chi connectivity index (χ3n) is 3.09. The summed E-state index contributed by atoms with van der Waals surface area (Å²) in [7, 11) is 1.81. The molecular formula is C15H18BrN3OS. The zero-order chi connectivity index (χ0) is 15.1. The lowest BCUT2D eigenvalue weighted by atomic mass is 10.1. The molecule has 6 heteroatoms. The van der Waals surface area contributed by atoms with Crippen LogP contribution in [0.5, 0.6) is 0 Å². The molecule has 4 nitrogen and oxygen atoms in total. The summed E-state index contributed by atoms with van der Waals surface area (Å²) in [6.07, 6.45) is 4.75. The Kier molecular flexibility index (Phi) is 6.20. The quantitative estimate of drug-likeness (QED) is 0.769. The summed E-state index contributed by atoms with van der Waals surface area (Å²) >= 11 is 4.90. The van der Waals surface area contributed by atoms with Crippen molar-refractivity contribution >= 4 is 38.4 Å². The van der Waals surface area contributed by atoms with E-state index in [-0.39, 0.29) is 6.03 Å². The number of amides is 2. The Balaban J connectivity index is 1.67. The highest BCUT2D eigenvalue weighted by molar-refractivity contribution is 9.10. The highest BCUT2D eigenvalue weighted by Crippen LogP contribution is 2.14. The molecule has 0 atom stereocenters. The number of anilines is 1. The maximum absolute atomic E-state index is 11.9. The number of carbonyl (C=O) groups excluding carboxylic acids is 1. The molecule has 2 rings (SSSR count). The van der Waals surface area contributed by atoms with Gasteiger partial charge in [-0.05, 0) is 37.0 Å². The molecule has 0 fully saturated rings. The van der Waals surface area contributed by atoms with Gasteiger partial charge in [0, 0.05) is 29.6 Å². The Morgan fingerprint density at radius 3 is 3.00 bits per heavy atom. The second-order valence-corrected chi connectivity index (χ2v) is 6.59. The second-order valence-electron chi connectivity index (χ2n) is 4.78. The molecule has 0 saturated heterocycles. The Bertz CT molecular complexity index is 574. The minimum absolute atomic E-state index is 0.104. The number of nitrogens with zero attached hydrogens (tertiary/aromatic N) is 2. The number of hydrogen-bond acceptors (Lipinski definition) is 3. The largest absolute Gasteiger partial charge is 0.328 e. The summed E-state index contributed by atoms with van der Waals surface area (Å²) in [5.41, 5.74) is 1.32. The van der Waals surface area contributed by atoms with Crippen LogP contribution in [0.3, 0.4) is 0 Å². The number of unbranched alkanes of at least 4 members (excludes halogenated alkanes) is 1. The third-order valence-corrected chi connectivity index (χ3v) is 4.27. The zero-order valence-corrected chi connectivity index (χ0v) is 14.3. The third kappa shape index (κ3) is 5.47. The number of thiazole rings is 1. The number of halogens is 1. The molecular weight excluding hydrogens is 350 g/mol. The van der Waals surface area contributed by atoms with Gasteiger partial charge >= 0.3 is 6.03 Å². The van der Waals surface area contributed by atoms with Gasteiger partial charge in [-0.25, -0.2) is 9.78 Å². The van der Waals surface area contributed by atoms with Gasteiger partial charge in [0.15, 0.2) is 5.13 Å². The van der Waals surface area contributed by atoms with E-state index in [9.17, 15) is 4.79 Å². The van der Waals surface area contributed by atoms with E-state index in [0.29, 0.717) is 5.13 Å². The summed E-state index contributed by atoms with van der Waals surface area (Å²) in [5, 5.41) is 5.26. The van der Waals surface area contributed by atoms with Crippen molar-refractivity contribution in [2.75, 3.05) is 18.9 Å². The van der Waals surface area contributed by atoms with E-state index in [2.05, 4.69) is 38.4 Å². The number of benzene rings is 1. The standard InChI is InChI=1S/C15H18BrN3OS/c1-19(15(20)18-14-17-8-10-21-14)9-3-2-5-12-6-4-7-13(16)11-12/h4,6-8,10-11H,2-3,5,9H2,1H3,(H,17,18,20). The molecule has 1 aromatic carbocycles. The maximum atomic E-state index is 11.9. The van der Waals surface area contributed by atoms with Gasteiger partial charge in [0.1, 0.15) is 0 Å². The Morgan fingerprint density at radius 1 is 1.43 bits per heavy atom. The van der Waals surface area contributed by atoms with Gasteiger partial charge in [0.25, 0.3) is 0 Å². The van der Waals surface area contributed by atoms with Gasteiger partial charge in [0.05, 0.1) is 0 Å². The van der Waals surface area contributed by atoms with E-state index in [4.69, 9.17) is 0 Å². The second kappa shape index (κ2) is 8.14. The van der Waals surface area contributed by atoms with Crippen molar-refractivity contribution in [2.24, 2.45) is 0 Å². The van der Waals surface area contributed by atoms with Crippen LogP contribution in [0, 0.1) is 0 Å². The maximum Gasteiger partial charge on any atom is 0.323 e. The van der Waals surface area contributed by atoms with Crippen LogP contribution in [0.1, 0.15) is 18.4 Å². The van der Waals surface area contributed by atoms with E-state index in [1.807, 2.05) is 24.6 Å². The molecule has 0 spiro atoms. The molecule has 0 aliphatic rings. The highest BCUT2D eigenvalue weighted by atomic mass is 79.9. The van der Waals surface area contributed by atoms with Crippen molar-refractivity contribution in [2.45, 2.75) is 19.3 Å². The lowest BCUT2D eigenvalue weighted by molar-refractivity contribution is 0.221. The van der Waals surface area contributed by atoms with Crippen molar-refractivity contribution in [1.82, 2.24) is 9.88 Å². The molecule has 0 aliphatic carbocycles. The fourth-order valence-corrected chi connectivity index (χ4v) is 2.91. The number of hydrogen-bond donors (Lipinski definition) is 1. The molecule has 112 valence electrons. The van der Waals surface area contributed by atoms with Crippen LogP contribution in [-0.4, -0.2) is 29.5 Å². The molecule has 0 aliphatic heterocycles. The Morgan fingerprint density at radius 2 is 2.29 bits per heavy atom. The molecule has 0 radical (unpaired) electrons. The first-order valence-electron chi connectivity index (χ1n) is 6.81. The van der Waals surface area contributed by atoms with Crippen molar-refractivity contribution in [3.8, 4) is 0 Å². The Labute approximate surface area is 137 Å². The Hall–Kier alpha value is -1.40.